The lowest BCUT2D eigenvalue weighted by molar-refractivity contribution is -0.274. The molecule has 0 unspecified atom stereocenters. The predicted octanol–water partition coefficient (Wildman–Crippen LogP) is 8.29. The van der Waals surface area contributed by atoms with Gasteiger partial charge in [0.2, 0.25) is 0 Å². The van der Waals surface area contributed by atoms with Gasteiger partial charge in [-0.2, -0.15) is 0 Å². The summed E-state index contributed by atoms with van der Waals surface area (Å²) in [6.45, 7) is 2.24. The highest BCUT2D eigenvalue weighted by atomic mass is 28.3. The molecule has 0 aromatic heterocycles. The van der Waals surface area contributed by atoms with Crippen LogP contribution < -0.4 is 4.74 Å². The summed E-state index contributed by atoms with van der Waals surface area (Å²) >= 11 is 0. The van der Waals surface area contributed by atoms with Crippen molar-refractivity contribution in [1.82, 2.24) is 0 Å². The van der Waals surface area contributed by atoms with Gasteiger partial charge in [-0.1, -0.05) is 69.3 Å². The van der Waals surface area contributed by atoms with Gasteiger partial charge in [0.15, 0.2) is 0 Å². The van der Waals surface area contributed by atoms with Crippen molar-refractivity contribution in [2.45, 2.75) is 76.4 Å². The molecule has 2 aromatic carbocycles. The Kier molecular flexibility index (Phi) is 8.74. The van der Waals surface area contributed by atoms with Gasteiger partial charge in [0.1, 0.15) is 17.4 Å². The van der Waals surface area contributed by atoms with Gasteiger partial charge in [-0.25, -0.2) is 8.78 Å². The van der Waals surface area contributed by atoms with Crippen molar-refractivity contribution in [1.29, 1.82) is 0 Å². The first kappa shape index (κ1) is 24.7. The lowest BCUT2D eigenvalue weighted by Gasteiger charge is -2.27. The Morgan fingerprint density at radius 2 is 1.59 bits per heavy atom. The monoisotopic (exact) mass is 470 g/mol. The van der Waals surface area contributed by atoms with E-state index in [0.717, 1.165) is 18.6 Å². The third-order valence-corrected chi connectivity index (χ3v) is 10.0. The van der Waals surface area contributed by atoms with E-state index < -0.39 is 32.5 Å². The lowest BCUT2D eigenvalue weighted by atomic mass is 9.93. The molecule has 0 radical (unpaired) electrons. The largest absolute Gasteiger partial charge is 0.573 e. The van der Waals surface area contributed by atoms with Crippen LogP contribution in [0.4, 0.5) is 22.0 Å². The van der Waals surface area contributed by atoms with E-state index >= 15 is 0 Å². The summed E-state index contributed by atoms with van der Waals surface area (Å²) in [6.07, 6.45) is 3.25. The van der Waals surface area contributed by atoms with Crippen molar-refractivity contribution in [2.75, 3.05) is 0 Å². The highest BCUT2D eigenvalue weighted by Gasteiger charge is 2.31. The number of rotatable bonds is 9. The molecule has 1 fully saturated rings. The molecule has 2 aromatic rings. The van der Waals surface area contributed by atoms with Crippen molar-refractivity contribution in [2.24, 2.45) is 5.92 Å². The molecule has 0 aliphatic carbocycles. The van der Waals surface area contributed by atoms with Crippen LogP contribution in [0.3, 0.4) is 0 Å². The highest BCUT2D eigenvalue weighted by Crippen LogP contribution is 2.33. The van der Waals surface area contributed by atoms with Crippen molar-refractivity contribution >= 4 is 8.80 Å². The number of aryl methyl sites for hydroxylation is 1. The Morgan fingerprint density at radius 3 is 2.16 bits per heavy atom. The maximum absolute atomic E-state index is 14.7. The molecule has 1 heterocycles. The van der Waals surface area contributed by atoms with Gasteiger partial charge >= 0.3 is 6.36 Å². The predicted molar refractivity (Wildman–Crippen MR) is 121 cm³/mol. The molecular formula is C25H31F5OSi. The first-order valence-corrected chi connectivity index (χ1v) is 14.0. The molecule has 1 aliphatic rings. The van der Waals surface area contributed by atoms with E-state index in [-0.39, 0.29) is 11.1 Å². The summed E-state index contributed by atoms with van der Waals surface area (Å²) in [4.78, 5) is 0. The molecule has 1 saturated heterocycles. The SMILES string of the molecule is CCCCC[SiH]1CCC(CCc2cc(F)c(-c3ccc(OC(F)(F)F)cc3)c(F)c2)CC1. The van der Waals surface area contributed by atoms with Crippen molar-refractivity contribution in [3.8, 4) is 16.9 Å². The van der Waals surface area contributed by atoms with E-state index in [4.69, 9.17) is 0 Å². The van der Waals surface area contributed by atoms with Crippen LogP contribution in [-0.4, -0.2) is 15.2 Å². The molecular weight excluding hydrogens is 439 g/mol. The van der Waals surface area contributed by atoms with Gasteiger partial charge in [0.25, 0.3) is 0 Å². The fourth-order valence-electron chi connectivity index (χ4n) is 4.73. The second kappa shape index (κ2) is 11.3. The molecule has 0 bridgehead atoms. The lowest BCUT2D eigenvalue weighted by Crippen LogP contribution is -2.21. The fourth-order valence-corrected chi connectivity index (χ4v) is 8.35. The second-order valence-electron chi connectivity index (χ2n) is 8.93. The Balaban J connectivity index is 1.56. The first-order valence-electron chi connectivity index (χ1n) is 11.6. The van der Waals surface area contributed by atoms with Crippen LogP contribution in [0.2, 0.25) is 18.1 Å². The number of hydrogen-bond donors (Lipinski definition) is 0. The first-order chi connectivity index (χ1) is 15.2. The average molecular weight is 471 g/mol. The summed E-state index contributed by atoms with van der Waals surface area (Å²) in [5.74, 6) is -1.19. The maximum atomic E-state index is 14.7. The van der Waals surface area contributed by atoms with Crippen molar-refractivity contribution in [3.63, 3.8) is 0 Å². The smallest absolute Gasteiger partial charge is 0.406 e. The Morgan fingerprint density at radius 1 is 0.969 bits per heavy atom. The summed E-state index contributed by atoms with van der Waals surface area (Å²) in [6, 6.07) is 11.5. The van der Waals surface area contributed by atoms with E-state index in [0.29, 0.717) is 17.9 Å². The standard InChI is InChI=1S/C25H31F5OSi/c1-2-3-4-13-32-14-11-18(12-15-32)5-6-19-16-22(26)24(23(27)17-19)20-7-9-21(10-8-20)31-25(28,29)30/h7-10,16-18,32H,2-6,11-15H2,1H3. The van der Waals surface area contributed by atoms with E-state index in [1.807, 2.05) is 0 Å². The fraction of sp³-hybridized carbons (Fsp3) is 0.520. The van der Waals surface area contributed by atoms with Crippen LogP contribution in [0.5, 0.6) is 5.75 Å². The zero-order chi connectivity index (χ0) is 23.1. The minimum Gasteiger partial charge on any atom is -0.406 e. The summed E-state index contributed by atoms with van der Waals surface area (Å²) in [5.41, 5.74) is 0.571. The number of hydrogen-bond acceptors (Lipinski definition) is 1. The number of benzene rings is 2. The van der Waals surface area contributed by atoms with E-state index in [1.165, 1.54) is 74.5 Å². The Labute approximate surface area is 188 Å². The number of unbranched alkanes of at least 4 members (excludes halogenated alkanes) is 2. The Bertz CT molecular complexity index is 835. The van der Waals surface area contributed by atoms with Crippen LogP contribution >= 0.6 is 0 Å². The molecule has 0 spiro atoms. The van der Waals surface area contributed by atoms with Gasteiger partial charge in [0.05, 0.1) is 5.56 Å². The zero-order valence-corrected chi connectivity index (χ0v) is 19.6. The van der Waals surface area contributed by atoms with Gasteiger partial charge in [-0.05, 0) is 54.2 Å². The molecule has 7 heteroatoms. The minimum absolute atomic E-state index is 0.174. The van der Waals surface area contributed by atoms with Crippen LogP contribution in [0.1, 0.15) is 51.0 Å². The third-order valence-electron chi connectivity index (χ3n) is 6.50. The number of ether oxygens (including phenoxy) is 1. The molecule has 0 saturated carbocycles. The molecule has 1 nitrogen and oxygen atoms in total. The highest BCUT2D eigenvalue weighted by molar-refractivity contribution is 6.58. The molecule has 0 atom stereocenters. The Hall–Kier alpha value is -1.89. The van der Waals surface area contributed by atoms with Crippen LogP contribution in [0.25, 0.3) is 11.1 Å². The van der Waals surface area contributed by atoms with Gasteiger partial charge in [0, 0.05) is 8.80 Å². The zero-order valence-electron chi connectivity index (χ0n) is 18.5. The summed E-state index contributed by atoms with van der Waals surface area (Å²) < 4.78 is 70.0. The summed E-state index contributed by atoms with van der Waals surface area (Å²) in [5, 5.41) is 0. The molecule has 3 rings (SSSR count). The van der Waals surface area contributed by atoms with Gasteiger partial charge in [-0.15, -0.1) is 13.2 Å². The molecule has 32 heavy (non-hydrogen) atoms. The number of alkyl halides is 3. The normalized spacial score (nSPS) is 19.2. The number of halogens is 5. The molecule has 0 N–H and O–H groups in total. The van der Waals surface area contributed by atoms with E-state index in [1.54, 1.807) is 0 Å². The van der Waals surface area contributed by atoms with Crippen LogP contribution in [0, 0.1) is 17.6 Å². The van der Waals surface area contributed by atoms with Crippen LogP contribution in [0.15, 0.2) is 36.4 Å². The van der Waals surface area contributed by atoms with Crippen LogP contribution in [-0.2, 0) is 6.42 Å². The second-order valence-corrected chi connectivity index (χ2v) is 12.4. The van der Waals surface area contributed by atoms with Gasteiger partial charge in [-0.3, -0.25) is 0 Å². The topological polar surface area (TPSA) is 9.23 Å². The minimum atomic E-state index is -4.81. The van der Waals surface area contributed by atoms with Gasteiger partial charge < -0.3 is 4.74 Å². The maximum Gasteiger partial charge on any atom is 0.573 e. The molecule has 1 aliphatic heterocycles. The van der Waals surface area contributed by atoms with Crippen molar-refractivity contribution in [3.05, 3.63) is 53.6 Å². The van der Waals surface area contributed by atoms with Crippen molar-refractivity contribution < 1.29 is 26.7 Å². The molecule has 0 amide bonds. The average Bonchev–Trinajstić information content (AvgIpc) is 2.73. The third kappa shape index (κ3) is 7.32. The quantitative estimate of drug-likeness (QED) is 0.203. The van der Waals surface area contributed by atoms with E-state index in [2.05, 4.69) is 11.7 Å². The summed E-state index contributed by atoms with van der Waals surface area (Å²) in [7, 11) is -0.560. The molecule has 176 valence electrons. The van der Waals surface area contributed by atoms with E-state index in [9.17, 15) is 22.0 Å².